The number of aryl methyl sites for hydroxylation is 1. The largest absolute Gasteiger partial charge is 0.397 e. The van der Waals surface area contributed by atoms with Gasteiger partial charge >= 0.3 is 0 Å². The zero-order valence-electron chi connectivity index (χ0n) is 14.3. The molecule has 9 heteroatoms. The predicted octanol–water partition coefficient (Wildman–Crippen LogP) is 2.40. The van der Waals surface area contributed by atoms with Gasteiger partial charge in [0.2, 0.25) is 5.82 Å². The number of nitroso groups, excluding NO2 is 1. The summed E-state index contributed by atoms with van der Waals surface area (Å²) in [5.74, 6) is 0.333. The van der Waals surface area contributed by atoms with E-state index in [1.54, 1.807) is 18.7 Å². The normalized spacial score (nSPS) is 11.4. The third-order valence-corrected chi connectivity index (χ3v) is 4.53. The van der Waals surface area contributed by atoms with Crippen LogP contribution in [0, 0.1) is 11.8 Å². The quantitative estimate of drug-likeness (QED) is 0.575. The van der Waals surface area contributed by atoms with Gasteiger partial charge in [-0.15, -0.1) is 16.7 Å². The Morgan fingerprint density at radius 1 is 1.28 bits per heavy atom. The summed E-state index contributed by atoms with van der Waals surface area (Å²) in [5, 5.41) is 5.79. The Labute approximate surface area is 150 Å². The monoisotopic (exact) mass is 359 g/mol. The van der Waals surface area contributed by atoms with E-state index >= 15 is 0 Å². The van der Waals surface area contributed by atoms with Gasteiger partial charge in [-0.25, -0.2) is 9.97 Å². The molecule has 2 aromatic heterocycles. The zero-order chi connectivity index (χ0) is 18.6. The Bertz CT molecular complexity index is 836. The first-order chi connectivity index (χ1) is 11.9. The lowest BCUT2D eigenvalue weighted by atomic mass is 10.0. The number of rotatable bonds is 6. The highest BCUT2D eigenvalue weighted by Gasteiger charge is 2.16. The van der Waals surface area contributed by atoms with Gasteiger partial charge in [-0.1, -0.05) is 0 Å². The molecule has 0 amide bonds. The fourth-order valence-electron chi connectivity index (χ4n) is 2.44. The minimum atomic E-state index is -0.0941. The van der Waals surface area contributed by atoms with Crippen molar-refractivity contribution in [1.82, 2.24) is 15.3 Å². The second kappa shape index (κ2) is 7.84. The first-order valence-corrected chi connectivity index (χ1v) is 8.70. The molecule has 8 nitrogen and oxygen atoms in total. The Kier molecular flexibility index (Phi) is 5.81. The molecule has 132 valence electrons. The van der Waals surface area contributed by atoms with Crippen molar-refractivity contribution < 1.29 is 0 Å². The van der Waals surface area contributed by atoms with E-state index in [4.69, 9.17) is 17.2 Å². The summed E-state index contributed by atoms with van der Waals surface area (Å²) in [6.07, 6.45) is 4.25. The molecule has 0 bridgehead atoms. The van der Waals surface area contributed by atoms with Gasteiger partial charge in [0, 0.05) is 47.1 Å². The van der Waals surface area contributed by atoms with Crippen LogP contribution in [0.25, 0.3) is 4.91 Å². The molecule has 0 saturated heterocycles. The van der Waals surface area contributed by atoms with Crippen LogP contribution < -0.4 is 22.5 Å². The smallest absolute Gasteiger partial charge is 0.222 e. The highest BCUT2D eigenvalue weighted by atomic mass is 32.2. The summed E-state index contributed by atoms with van der Waals surface area (Å²) >= 11 is 1.57. The number of nitrogens with two attached hydrogens (primary N) is 3. The molecular weight excluding hydrogens is 338 g/mol. The first-order valence-electron chi connectivity index (χ1n) is 7.47. The number of thioether (sulfide) groups is 1. The number of hydrogen-bond acceptors (Lipinski definition) is 9. The van der Waals surface area contributed by atoms with Gasteiger partial charge in [-0.3, -0.25) is 0 Å². The van der Waals surface area contributed by atoms with Crippen molar-refractivity contribution in [2.45, 2.75) is 13.3 Å². The lowest BCUT2D eigenvalue weighted by Gasteiger charge is -2.13. The van der Waals surface area contributed by atoms with E-state index in [1.165, 1.54) is 0 Å². The van der Waals surface area contributed by atoms with Gasteiger partial charge in [0.15, 0.2) is 0 Å². The topological polar surface area (TPSA) is 145 Å². The fourth-order valence-corrected chi connectivity index (χ4v) is 3.07. The molecule has 0 atom stereocenters. The number of hydrogen-bond donors (Lipinski definition) is 4. The van der Waals surface area contributed by atoms with Gasteiger partial charge in [-0.2, -0.15) is 0 Å². The van der Waals surface area contributed by atoms with Crippen LogP contribution in [0.15, 0.2) is 23.5 Å². The minimum absolute atomic E-state index is 0.0850. The van der Waals surface area contributed by atoms with Crippen molar-refractivity contribution >= 4 is 39.7 Å². The SMILES string of the molecule is CN/C=C(\SC)c1ccc(Cc2c(C)nc(N=O)c(N)c2N)nc1N. The number of nitrogens with zero attached hydrogens (tertiary/aromatic N) is 3. The van der Waals surface area contributed by atoms with Crippen molar-refractivity contribution in [1.29, 1.82) is 0 Å². The summed E-state index contributed by atoms with van der Waals surface area (Å²) in [5.41, 5.74) is 21.2. The van der Waals surface area contributed by atoms with Crippen LogP contribution >= 0.6 is 11.8 Å². The van der Waals surface area contributed by atoms with Crippen molar-refractivity contribution in [2.75, 3.05) is 30.5 Å². The third-order valence-electron chi connectivity index (χ3n) is 3.75. The molecule has 25 heavy (non-hydrogen) atoms. The third kappa shape index (κ3) is 3.82. The molecule has 0 aliphatic carbocycles. The average Bonchev–Trinajstić information content (AvgIpc) is 2.60. The Morgan fingerprint density at radius 2 is 2.00 bits per heavy atom. The second-order valence-electron chi connectivity index (χ2n) is 5.33. The molecule has 0 aliphatic rings. The minimum Gasteiger partial charge on any atom is -0.397 e. The highest BCUT2D eigenvalue weighted by Crippen LogP contribution is 2.33. The van der Waals surface area contributed by atoms with Crippen LogP contribution in [-0.2, 0) is 6.42 Å². The van der Waals surface area contributed by atoms with Crippen molar-refractivity contribution in [3.8, 4) is 0 Å². The van der Waals surface area contributed by atoms with E-state index in [9.17, 15) is 4.91 Å². The van der Waals surface area contributed by atoms with E-state index in [2.05, 4.69) is 20.5 Å². The fraction of sp³-hybridized carbons (Fsp3) is 0.250. The zero-order valence-corrected chi connectivity index (χ0v) is 15.1. The Balaban J connectivity index is 2.40. The highest BCUT2D eigenvalue weighted by molar-refractivity contribution is 8.07. The van der Waals surface area contributed by atoms with Gasteiger partial charge in [-0.05, 0) is 30.5 Å². The van der Waals surface area contributed by atoms with Gasteiger partial charge in [0.05, 0.1) is 5.69 Å². The number of anilines is 3. The molecule has 0 aromatic carbocycles. The molecule has 0 spiro atoms. The number of aromatic nitrogens is 2. The summed E-state index contributed by atoms with van der Waals surface area (Å²) in [4.78, 5) is 20.3. The van der Waals surface area contributed by atoms with Crippen LogP contribution in [0.2, 0.25) is 0 Å². The van der Waals surface area contributed by atoms with E-state index in [-0.39, 0.29) is 11.5 Å². The maximum Gasteiger partial charge on any atom is 0.222 e. The molecule has 0 saturated carbocycles. The van der Waals surface area contributed by atoms with Crippen LogP contribution in [-0.4, -0.2) is 23.3 Å². The number of pyridine rings is 2. The molecule has 7 N–H and O–H groups in total. The van der Waals surface area contributed by atoms with Crippen molar-refractivity contribution in [3.63, 3.8) is 0 Å². The molecule has 0 unspecified atom stereocenters. The Morgan fingerprint density at radius 3 is 2.56 bits per heavy atom. The number of nitrogens with one attached hydrogen (secondary N) is 1. The van der Waals surface area contributed by atoms with E-state index in [0.717, 1.165) is 16.2 Å². The maximum absolute atomic E-state index is 10.7. The van der Waals surface area contributed by atoms with Crippen LogP contribution in [0.5, 0.6) is 0 Å². The summed E-state index contributed by atoms with van der Waals surface area (Å²) in [6.45, 7) is 1.75. The maximum atomic E-state index is 10.7. The van der Waals surface area contributed by atoms with E-state index in [1.807, 2.05) is 31.6 Å². The van der Waals surface area contributed by atoms with E-state index < -0.39 is 0 Å². The molecule has 2 heterocycles. The molecular formula is C16H21N7OS. The van der Waals surface area contributed by atoms with Gasteiger partial charge < -0.3 is 22.5 Å². The van der Waals surface area contributed by atoms with Crippen LogP contribution in [0.1, 0.15) is 22.5 Å². The average molecular weight is 359 g/mol. The first kappa shape index (κ1) is 18.5. The molecule has 0 fully saturated rings. The molecule has 0 radical (unpaired) electrons. The predicted molar refractivity (Wildman–Crippen MR) is 105 cm³/mol. The number of nitrogen functional groups attached to an aromatic ring is 3. The van der Waals surface area contributed by atoms with Crippen LogP contribution in [0.4, 0.5) is 23.0 Å². The van der Waals surface area contributed by atoms with Gasteiger partial charge in [0.25, 0.3) is 0 Å². The lowest BCUT2D eigenvalue weighted by molar-refractivity contribution is 1.03. The summed E-state index contributed by atoms with van der Waals surface area (Å²) < 4.78 is 0. The summed E-state index contributed by atoms with van der Waals surface area (Å²) in [6, 6.07) is 3.80. The van der Waals surface area contributed by atoms with Crippen molar-refractivity contribution in [3.05, 3.63) is 45.8 Å². The van der Waals surface area contributed by atoms with Crippen LogP contribution in [0.3, 0.4) is 0 Å². The Hall–Kier alpha value is -2.81. The van der Waals surface area contributed by atoms with E-state index in [0.29, 0.717) is 29.2 Å². The summed E-state index contributed by atoms with van der Waals surface area (Å²) in [7, 11) is 1.83. The van der Waals surface area contributed by atoms with Crippen molar-refractivity contribution in [2.24, 2.45) is 5.18 Å². The van der Waals surface area contributed by atoms with Gasteiger partial charge in [0.1, 0.15) is 11.5 Å². The lowest BCUT2D eigenvalue weighted by Crippen LogP contribution is -2.08. The second-order valence-corrected chi connectivity index (χ2v) is 6.18. The molecule has 2 rings (SSSR count). The molecule has 0 aliphatic heterocycles. The standard InChI is InChI=1S/C16H21N7OS/c1-8-11(13(17)14(18)16(21-8)23-24)6-9-4-5-10(15(19)22-9)12(25-3)7-20-2/h4-5,7,20H,6,18H2,1-3H3,(H2,17,21)(H2,19,22)/b12-7-. The molecule has 2 aromatic rings.